The molecule has 6 nitrogen and oxygen atoms in total. The highest BCUT2D eigenvalue weighted by Gasteiger charge is 2.00. The molecule has 0 aromatic carbocycles. The monoisotopic (exact) mass is 298 g/mol. The Morgan fingerprint density at radius 1 is 1.00 bits per heavy atom. The summed E-state index contributed by atoms with van der Waals surface area (Å²) in [5, 5.41) is 3.90. The Balaban J connectivity index is 3.32. The summed E-state index contributed by atoms with van der Waals surface area (Å²) in [4.78, 5) is 22.3. The molecule has 0 fully saturated rings. The van der Waals surface area contributed by atoms with Crippen molar-refractivity contribution in [2.45, 2.75) is 71.6 Å². The van der Waals surface area contributed by atoms with Gasteiger partial charge in [-0.25, -0.2) is 11.3 Å². The van der Waals surface area contributed by atoms with Crippen molar-refractivity contribution < 1.29 is 9.59 Å². The van der Waals surface area contributed by atoms with Crippen LogP contribution in [0.3, 0.4) is 0 Å². The Hall–Kier alpha value is -1.43. The smallest absolute Gasteiger partial charge is 0.240 e. The number of rotatable bonds is 12. The summed E-state index contributed by atoms with van der Waals surface area (Å²) in [7, 11) is 0. The second kappa shape index (κ2) is 13.5. The molecule has 0 unspecified atom stereocenters. The van der Waals surface area contributed by atoms with Gasteiger partial charge in [0.05, 0.1) is 0 Å². The average Bonchev–Trinajstić information content (AvgIpc) is 2.45. The quantitative estimate of drug-likeness (QED) is 0.169. The van der Waals surface area contributed by atoms with Crippen LogP contribution >= 0.6 is 0 Å². The third kappa shape index (κ3) is 14.8. The summed E-state index contributed by atoms with van der Waals surface area (Å²) in [6.45, 7) is 4.21. The number of nitrogens with one attached hydrogen (secondary N) is 2. The van der Waals surface area contributed by atoms with E-state index in [1.807, 2.05) is 0 Å². The molecule has 0 aliphatic rings. The minimum atomic E-state index is -0.107. The van der Waals surface area contributed by atoms with Gasteiger partial charge in [0.2, 0.25) is 11.8 Å². The summed E-state index contributed by atoms with van der Waals surface area (Å²) in [5.74, 6) is 5.42. The standard InChI is InChI=1S/C15H30N4O2/c1-13(2)11-12-17-19-15(21)10-8-6-4-3-5-7-9-14(20)18-16/h12-13H,3-11,16H2,1-2H3,(H,18,20)(H,19,21)/b17-12+. The van der Waals surface area contributed by atoms with Crippen LogP contribution in [0.15, 0.2) is 5.10 Å². The van der Waals surface area contributed by atoms with Crippen molar-refractivity contribution >= 4 is 18.0 Å². The maximum atomic E-state index is 11.4. The highest BCUT2D eigenvalue weighted by atomic mass is 16.2. The first-order valence-corrected chi connectivity index (χ1v) is 7.86. The predicted octanol–water partition coefficient (Wildman–Crippen LogP) is 2.25. The van der Waals surface area contributed by atoms with Gasteiger partial charge in [-0.05, 0) is 25.2 Å². The van der Waals surface area contributed by atoms with E-state index >= 15 is 0 Å². The lowest BCUT2D eigenvalue weighted by atomic mass is 10.1. The molecule has 0 bridgehead atoms. The third-order valence-corrected chi connectivity index (χ3v) is 3.08. The van der Waals surface area contributed by atoms with Gasteiger partial charge in [0.25, 0.3) is 0 Å². The molecular formula is C15H30N4O2. The van der Waals surface area contributed by atoms with Crippen LogP contribution in [-0.4, -0.2) is 18.0 Å². The molecule has 0 atom stereocenters. The maximum absolute atomic E-state index is 11.4. The second-order valence-electron chi connectivity index (χ2n) is 5.67. The average molecular weight is 298 g/mol. The van der Waals surface area contributed by atoms with Gasteiger partial charge in [0, 0.05) is 19.1 Å². The second-order valence-corrected chi connectivity index (χ2v) is 5.67. The number of unbranched alkanes of at least 4 members (excludes halogenated alkanes) is 5. The van der Waals surface area contributed by atoms with Gasteiger partial charge < -0.3 is 0 Å². The molecule has 0 aromatic rings. The molecule has 0 radical (unpaired) electrons. The van der Waals surface area contributed by atoms with Crippen LogP contribution in [0.4, 0.5) is 0 Å². The Bertz CT molecular complexity index is 317. The Kier molecular flexibility index (Phi) is 12.6. The largest absolute Gasteiger partial charge is 0.294 e. The molecule has 0 saturated heterocycles. The van der Waals surface area contributed by atoms with Gasteiger partial charge in [-0.2, -0.15) is 5.10 Å². The van der Waals surface area contributed by atoms with E-state index in [-0.39, 0.29) is 11.8 Å². The minimum absolute atomic E-state index is 0.0189. The SMILES string of the molecule is CC(C)C/C=N/NC(=O)CCCCCCCCC(=O)NN. The van der Waals surface area contributed by atoms with Crippen molar-refractivity contribution in [3.8, 4) is 0 Å². The molecule has 122 valence electrons. The zero-order valence-electron chi connectivity index (χ0n) is 13.4. The fourth-order valence-electron chi connectivity index (χ4n) is 1.79. The maximum Gasteiger partial charge on any atom is 0.240 e. The number of hydrazone groups is 1. The molecular weight excluding hydrogens is 268 g/mol. The molecule has 4 N–H and O–H groups in total. The van der Waals surface area contributed by atoms with Crippen LogP contribution in [0.25, 0.3) is 0 Å². The lowest BCUT2D eigenvalue weighted by molar-refractivity contribution is -0.122. The van der Waals surface area contributed by atoms with Crippen molar-refractivity contribution in [1.29, 1.82) is 0 Å². The number of hydrogen-bond donors (Lipinski definition) is 3. The highest BCUT2D eigenvalue weighted by molar-refractivity contribution is 5.76. The van der Waals surface area contributed by atoms with E-state index in [2.05, 4.69) is 29.8 Å². The Labute approximate surface area is 127 Å². The Morgan fingerprint density at radius 2 is 1.52 bits per heavy atom. The number of amides is 2. The molecule has 0 saturated carbocycles. The zero-order valence-corrected chi connectivity index (χ0v) is 13.4. The molecule has 0 spiro atoms. The lowest BCUT2D eigenvalue weighted by Gasteiger charge is -2.02. The van der Waals surface area contributed by atoms with E-state index in [1.165, 1.54) is 0 Å². The topological polar surface area (TPSA) is 96.6 Å². The van der Waals surface area contributed by atoms with Crippen molar-refractivity contribution in [3.63, 3.8) is 0 Å². The molecule has 6 heteroatoms. The summed E-state index contributed by atoms with van der Waals surface area (Å²) in [6.07, 6.45) is 9.64. The van der Waals surface area contributed by atoms with Gasteiger partial charge in [-0.3, -0.25) is 15.0 Å². The van der Waals surface area contributed by atoms with Crippen LogP contribution in [-0.2, 0) is 9.59 Å². The van der Waals surface area contributed by atoms with Gasteiger partial charge in [0.1, 0.15) is 0 Å². The van der Waals surface area contributed by atoms with Crippen LogP contribution in [0.2, 0.25) is 0 Å². The van der Waals surface area contributed by atoms with E-state index in [4.69, 9.17) is 5.84 Å². The number of carbonyl (C=O) groups is 2. The van der Waals surface area contributed by atoms with E-state index in [9.17, 15) is 9.59 Å². The summed E-state index contributed by atoms with van der Waals surface area (Å²) in [5.41, 5.74) is 4.66. The van der Waals surface area contributed by atoms with Crippen LogP contribution in [0, 0.1) is 5.92 Å². The van der Waals surface area contributed by atoms with Crippen molar-refractivity contribution in [1.82, 2.24) is 10.9 Å². The molecule has 0 aromatic heterocycles. The van der Waals surface area contributed by atoms with E-state index in [0.29, 0.717) is 18.8 Å². The number of nitrogens with two attached hydrogens (primary N) is 1. The first kappa shape index (κ1) is 19.6. The number of carbonyl (C=O) groups excluding carboxylic acids is 2. The first-order chi connectivity index (χ1) is 10.1. The van der Waals surface area contributed by atoms with Crippen LogP contribution in [0.1, 0.15) is 71.6 Å². The molecule has 0 rings (SSSR count). The fraction of sp³-hybridized carbons (Fsp3) is 0.800. The molecule has 0 aliphatic carbocycles. The number of hydrazine groups is 1. The van der Waals surface area contributed by atoms with E-state index in [1.54, 1.807) is 6.21 Å². The minimum Gasteiger partial charge on any atom is -0.294 e. The van der Waals surface area contributed by atoms with Gasteiger partial charge in [0.15, 0.2) is 0 Å². The fourth-order valence-corrected chi connectivity index (χ4v) is 1.79. The highest BCUT2D eigenvalue weighted by Crippen LogP contribution is 2.08. The van der Waals surface area contributed by atoms with Gasteiger partial charge >= 0.3 is 0 Å². The van der Waals surface area contributed by atoms with Gasteiger partial charge in [-0.15, -0.1) is 0 Å². The van der Waals surface area contributed by atoms with Crippen LogP contribution < -0.4 is 16.7 Å². The first-order valence-electron chi connectivity index (χ1n) is 7.86. The van der Waals surface area contributed by atoms with Gasteiger partial charge in [-0.1, -0.05) is 39.5 Å². The molecule has 0 heterocycles. The van der Waals surface area contributed by atoms with Crippen molar-refractivity contribution in [2.24, 2.45) is 16.9 Å². The molecule has 21 heavy (non-hydrogen) atoms. The van der Waals surface area contributed by atoms with Crippen molar-refractivity contribution in [2.75, 3.05) is 0 Å². The molecule has 0 aliphatic heterocycles. The number of hydrogen-bond acceptors (Lipinski definition) is 4. The zero-order chi connectivity index (χ0) is 15.9. The Morgan fingerprint density at radius 3 is 2.05 bits per heavy atom. The summed E-state index contributed by atoms with van der Waals surface area (Å²) in [6, 6.07) is 0. The number of nitrogens with zero attached hydrogens (tertiary/aromatic N) is 1. The summed E-state index contributed by atoms with van der Waals surface area (Å²) >= 11 is 0. The van der Waals surface area contributed by atoms with E-state index < -0.39 is 0 Å². The molecule has 2 amide bonds. The summed E-state index contributed by atoms with van der Waals surface area (Å²) < 4.78 is 0. The predicted molar refractivity (Wildman–Crippen MR) is 85.4 cm³/mol. The van der Waals surface area contributed by atoms with E-state index in [0.717, 1.165) is 44.9 Å². The van der Waals surface area contributed by atoms with Crippen molar-refractivity contribution in [3.05, 3.63) is 0 Å². The third-order valence-electron chi connectivity index (χ3n) is 3.08. The van der Waals surface area contributed by atoms with Crippen LogP contribution in [0.5, 0.6) is 0 Å². The lowest BCUT2D eigenvalue weighted by Crippen LogP contribution is -2.29. The normalized spacial score (nSPS) is 11.0.